The number of benzene rings is 1. The van der Waals surface area contributed by atoms with E-state index in [1.165, 1.54) is 43.6 Å². The summed E-state index contributed by atoms with van der Waals surface area (Å²) < 4.78 is 5.57. The third-order valence-electron chi connectivity index (χ3n) is 5.15. The minimum absolute atomic E-state index is 0.738. The Bertz CT molecular complexity index is 587. The fourth-order valence-corrected chi connectivity index (χ4v) is 3.78. The van der Waals surface area contributed by atoms with Crippen LogP contribution < -0.4 is 15.4 Å². The zero-order valence-electron chi connectivity index (χ0n) is 15.7. The monoisotopic (exact) mass is 344 g/mol. The summed E-state index contributed by atoms with van der Waals surface area (Å²) in [5, 5.41) is 6.93. The molecule has 3 rings (SSSR count). The minimum atomic E-state index is 0.738. The van der Waals surface area contributed by atoms with Gasteiger partial charge in [-0.15, -0.1) is 0 Å². The summed E-state index contributed by atoms with van der Waals surface area (Å²) in [5.74, 6) is 2.71. The van der Waals surface area contributed by atoms with Crippen LogP contribution in [-0.4, -0.2) is 57.2 Å². The number of likely N-dealkylation sites (tertiary alicyclic amines) is 1. The molecule has 5 nitrogen and oxygen atoms in total. The highest BCUT2D eigenvalue weighted by molar-refractivity contribution is 5.79. The average molecular weight is 345 g/mol. The molecule has 2 N–H and O–H groups in total. The number of rotatable bonds is 7. The molecular weight excluding hydrogens is 312 g/mol. The van der Waals surface area contributed by atoms with Crippen LogP contribution in [0.1, 0.15) is 30.9 Å². The van der Waals surface area contributed by atoms with Crippen molar-refractivity contribution in [2.45, 2.75) is 32.6 Å². The third-order valence-corrected chi connectivity index (χ3v) is 5.15. The summed E-state index contributed by atoms with van der Waals surface area (Å²) >= 11 is 0. The molecule has 1 saturated heterocycles. The molecule has 0 spiro atoms. The minimum Gasteiger partial charge on any atom is -0.493 e. The first-order chi connectivity index (χ1) is 12.3. The number of guanidine groups is 1. The van der Waals surface area contributed by atoms with E-state index in [9.17, 15) is 0 Å². The Labute approximate surface area is 151 Å². The maximum Gasteiger partial charge on any atom is 0.190 e. The molecule has 25 heavy (non-hydrogen) atoms. The van der Waals surface area contributed by atoms with Crippen LogP contribution in [0.25, 0.3) is 0 Å². The molecule has 0 aliphatic carbocycles. The number of hydrogen-bond acceptors (Lipinski definition) is 3. The highest BCUT2D eigenvalue weighted by Gasteiger charge is 2.21. The average Bonchev–Trinajstić information content (AvgIpc) is 3.27. The predicted molar refractivity (Wildman–Crippen MR) is 104 cm³/mol. The van der Waals surface area contributed by atoms with Gasteiger partial charge < -0.3 is 20.3 Å². The fraction of sp³-hybridized carbons (Fsp3) is 0.650. The summed E-state index contributed by atoms with van der Waals surface area (Å²) in [7, 11) is 1.85. The van der Waals surface area contributed by atoms with Crippen molar-refractivity contribution in [2.75, 3.05) is 46.4 Å². The fourth-order valence-electron chi connectivity index (χ4n) is 3.78. The molecule has 0 bridgehead atoms. The molecule has 2 heterocycles. The van der Waals surface area contributed by atoms with Gasteiger partial charge in [0.1, 0.15) is 5.75 Å². The van der Waals surface area contributed by atoms with Gasteiger partial charge in [0.25, 0.3) is 0 Å². The zero-order chi connectivity index (χ0) is 17.5. The van der Waals surface area contributed by atoms with E-state index in [1.807, 2.05) is 7.05 Å². The van der Waals surface area contributed by atoms with Crippen molar-refractivity contribution in [3.63, 3.8) is 0 Å². The summed E-state index contributed by atoms with van der Waals surface area (Å²) in [6.07, 6.45) is 4.58. The third kappa shape index (κ3) is 5.11. The molecule has 2 aliphatic rings. The van der Waals surface area contributed by atoms with Crippen molar-refractivity contribution >= 4 is 5.96 Å². The Hall–Kier alpha value is -1.75. The van der Waals surface area contributed by atoms with Crippen LogP contribution in [0.4, 0.5) is 0 Å². The lowest BCUT2D eigenvalue weighted by Gasteiger charge is -2.17. The molecule has 1 aromatic rings. The summed E-state index contributed by atoms with van der Waals surface area (Å²) in [6, 6.07) is 6.55. The van der Waals surface area contributed by atoms with Crippen LogP contribution in [-0.2, 0) is 12.8 Å². The van der Waals surface area contributed by atoms with Gasteiger partial charge in [-0.3, -0.25) is 4.99 Å². The van der Waals surface area contributed by atoms with Crippen LogP contribution in [0.15, 0.2) is 23.2 Å². The zero-order valence-corrected chi connectivity index (χ0v) is 15.7. The van der Waals surface area contributed by atoms with Crippen LogP contribution >= 0.6 is 0 Å². The van der Waals surface area contributed by atoms with E-state index in [0.29, 0.717) is 0 Å². The maximum atomic E-state index is 5.57. The molecular formula is C20H32N4O. The van der Waals surface area contributed by atoms with Crippen LogP contribution in [0.5, 0.6) is 5.75 Å². The number of nitrogens with zero attached hydrogens (tertiary/aromatic N) is 2. The largest absolute Gasteiger partial charge is 0.493 e. The molecule has 1 fully saturated rings. The Morgan fingerprint density at radius 3 is 3.12 bits per heavy atom. The van der Waals surface area contributed by atoms with E-state index in [2.05, 4.69) is 45.6 Å². The quantitative estimate of drug-likeness (QED) is 0.587. The number of aliphatic imine (C=N–C) groups is 1. The van der Waals surface area contributed by atoms with E-state index < -0.39 is 0 Å². The van der Waals surface area contributed by atoms with E-state index in [0.717, 1.165) is 50.2 Å². The van der Waals surface area contributed by atoms with Crippen molar-refractivity contribution in [3.8, 4) is 5.75 Å². The van der Waals surface area contributed by atoms with Crippen molar-refractivity contribution < 1.29 is 4.74 Å². The second-order valence-electron chi connectivity index (χ2n) is 7.13. The smallest absolute Gasteiger partial charge is 0.190 e. The lowest BCUT2D eigenvalue weighted by atomic mass is 10.1. The highest BCUT2D eigenvalue weighted by Crippen LogP contribution is 2.25. The maximum absolute atomic E-state index is 5.57. The normalized spacial score (nSPS) is 20.4. The molecule has 2 aliphatic heterocycles. The molecule has 1 aromatic carbocycles. The lowest BCUT2D eigenvalue weighted by Crippen LogP contribution is -2.41. The molecule has 0 amide bonds. The van der Waals surface area contributed by atoms with Crippen molar-refractivity contribution in [1.82, 2.24) is 15.5 Å². The van der Waals surface area contributed by atoms with Gasteiger partial charge in [0.05, 0.1) is 6.61 Å². The summed E-state index contributed by atoms with van der Waals surface area (Å²) in [5.41, 5.74) is 2.70. The van der Waals surface area contributed by atoms with Gasteiger partial charge >= 0.3 is 0 Å². The van der Waals surface area contributed by atoms with Gasteiger partial charge in [0.2, 0.25) is 0 Å². The number of fused-ring (bicyclic) bond motifs is 1. The van der Waals surface area contributed by atoms with E-state index >= 15 is 0 Å². The lowest BCUT2D eigenvalue weighted by molar-refractivity contribution is 0.324. The first kappa shape index (κ1) is 18.1. The molecule has 0 saturated carbocycles. The van der Waals surface area contributed by atoms with Gasteiger partial charge in [-0.25, -0.2) is 0 Å². The van der Waals surface area contributed by atoms with Gasteiger partial charge in [-0.1, -0.05) is 19.1 Å². The number of hydrogen-bond donors (Lipinski definition) is 2. The molecule has 5 heteroatoms. The molecule has 0 radical (unpaired) electrons. The SMILES string of the molecule is CCCN1CCC(CNC(=NC)NCCc2ccc3c(c2)CCO3)C1. The Morgan fingerprint density at radius 1 is 1.36 bits per heavy atom. The topological polar surface area (TPSA) is 48.9 Å². The van der Waals surface area contributed by atoms with Gasteiger partial charge in [0.15, 0.2) is 5.96 Å². The van der Waals surface area contributed by atoms with Crippen molar-refractivity contribution in [1.29, 1.82) is 0 Å². The molecule has 1 atom stereocenters. The second-order valence-corrected chi connectivity index (χ2v) is 7.13. The van der Waals surface area contributed by atoms with Gasteiger partial charge in [-0.05, 0) is 55.5 Å². The number of nitrogens with one attached hydrogen (secondary N) is 2. The van der Waals surface area contributed by atoms with Crippen LogP contribution in [0.2, 0.25) is 0 Å². The molecule has 138 valence electrons. The first-order valence-electron chi connectivity index (χ1n) is 9.70. The second kappa shape index (κ2) is 9.09. The van der Waals surface area contributed by atoms with Gasteiger partial charge in [0, 0.05) is 33.1 Å². The van der Waals surface area contributed by atoms with E-state index in [-0.39, 0.29) is 0 Å². The van der Waals surface area contributed by atoms with Crippen molar-refractivity contribution in [3.05, 3.63) is 29.3 Å². The first-order valence-corrected chi connectivity index (χ1v) is 9.70. The predicted octanol–water partition coefficient (Wildman–Crippen LogP) is 2.06. The summed E-state index contributed by atoms with van der Waals surface area (Å²) in [4.78, 5) is 6.92. The molecule has 0 aromatic heterocycles. The van der Waals surface area contributed by atoms with E-state index in [4.69, 9.17) is 4.74 Å². The highest BCUT2D eigenvalue weighted by atomic mass is 16.5. The van der Waals surface area contributed by atoms with Crippen molar-refractivity contribution in [2.24, 2.45) is 10.9 Å². The summed E-state index contributed by atoms with van der Waals surface area (Å²) in [6.45, 7) is 8.68. The Kier molecular flexibility index (Phi) is 6.56. The Balaban J connectivity index is 1.37. The van der Waals surface area contributed by atoms with Gasteiger partial charge in [-0.2, -0.15) is 0 Å². The van der Waals surface area contributed by atoms with Crippen LogP contribution in [0.3, 0.4) is 0 Å². The van der Waals surface area contributed by atoms with Crippen LogP contribution in [0, 0.1) is 5.92 Å². The standard InChI is InChI=1S/C20H32N4O/c1-3-10-24-11-7-17(15-24)14-23-20(21-2)22-9-6-16-4-5-19-18(13-16)8-12-25-19/h4-5,13,17H,3,6-12,14-15H2,1-2H3,(H2,21,22,23). The number of ether oxygens (including phenoxy) is 1. The molecule has 1 unspecified atom stereocenters. The van der Waals surface area contributed by atoms with E-state index in [1.54, 1.807) is 0 Å². The Morgan fingerprint density at radius 2 is 2.28 bits per heavy atom.